The van der Waals surface area contributed by atoms with Gasteiger partial charge in [-0.1, -0.05) is 0 Å². The van der Waals surface area contributed by atoms with Crippen molar-refractivity contribution in [1.29, 1.82) is 0 Å². The van der Waals surface area contributed by atoms with E-state index in [1.54, 1.807) is 12.1 Å². The van der Waals surface area contributed by atoms with Gasteiger partial charge in [-0.25, -0.2) is 4.39 Å². The van der Waals surface area contributed by atoms with E-state index in [9.17, 15) is 4.39 Å². The van der Waals surface area contributed by atoms with E-state index in [1.807, 2.05) is 6.07 Å². The van der Waals surface area contributed by atoms with E-state index in [4.69, 9.17) is 10.5 Å². The Morgan fingerprint density at radius 2 is 2.26 bits per heavy atom. The monoisotopic (exact) mass is 264 g/mol. The number of rotatable bonds is 3. The predicted octanol–water partition coefficient (Wildman–Crippen LogP) is 2.08. The van der Waals surface area contributed by atoms with Gasteiger partial charge in [0.15, 0.2) is 0 Å². The van der Waals surface area contributed by atoms with Crippen LogP contribution in [-0.4, -0.2) is 31.8 Å². The van der Waals surface area contributed by atoms with Crippen molar-refractivity contribution < 1.29 is 9.13 Å². The second-order valence-electron chi connectivity index (χ2n) is 5.41. The third-order valence-corrected chi connectivity index (χ3v) is 4.25. The molecule has 1 heterocycles. The highest BCUT2D eigenvalue weighted by atomic mass is 19.1. The minimum atomic E-state index is -0.177. The highest BCUT2D eigenvalue weighted by molar-refractivity contribution is 5.55. The van der Waals surface area contributed by atoms with Gasteiger partial charge < -0.3 is 15.4 Å². The summed E-state index contributed by atoms with van der Waals surface area (Å²) in [5.41, 5.74) is 7.82. The highest BCUT2D eigenvalue weighted by Crippen LogP contribution is 2.34. The molecule has 104 valence electrons. The summed E-state index contributed by atoms with van der Waals surface area (Å²) in [5, 5.41) is 0. The highest BCUT2D eigenvalue weighted by Gasteiger charge is 2.36. The van der Waals surface area contributed by atoms with Crippen molar-refractivity contribution >= 4 is 5.69 Å². The second-order valence-corrected chi connectivity index (χ2v) is 5.41. The van der Waals surface area contributed by atoms with Crippen molar-refractivity contribution in [3.8, 4) is 0 Å². The van der Waals surface area contributed by atoms with Crippen molar-refractivity contribution in [1.82, 2.24) is 0 Å². The SMILES string of the molecule is NCCc1cc(F)ccc1N1CCOC2CCCC21. The Morgan fingerprint density at radius 3 is 3.11 bits per heavy atom. The third-order valence-electron chi connectivity index (χ3n) is 4.25. The summed E-state index contributed by atoms with van der Waals surface area (Å²) < 4.78 is 19.3. The topological polar surface area (TPSA) is 38.5 Å². The molecule has 1 saturated carbocycles. The molecule has 2 N–H and O–H groups in total. The lowest BCUT2D eigenvalue weighted by Gasteiger charge is -2.40. The van der Waals surface area contributed by atoms with Crippen LogP contribution >= 0.6 is 0 Å². The van der Waals surface area contributed by atoms with Gasteiger partial charge in [-0.15, -0.1) is 0 Å². The first-order valence-electron chi connectivity index (χ1n) is 7.16. The number of nitrogens with two attached hydrogens (primary N) is 1. The van der Waals surface area contributed by atoms with Crippen molar-refractivity contribution in [2.45, 2.75) is 37.8 Å². The van der Waals surface area contributed by atoms with Crippen LogP contribution in [0, 0.1) is 5.82 Å². The second kappa shape index (κ2) is 5.47. The standard InChI is InChI=1S/C15H21FN2O/c16-12-4-5-13(11(10-12)6-7-17)18-8-9-19-15-3-1-2-14(15)18/h4-5,10,14-15H,1-3,6-9,17H2. The van der Waals surface area contributed by atoms with Crippen LogP contribution in [0.1, 0.15) is 24.8 Å². The van der Waals surface area contributed by atoms with Crippen LogP contribution < -0.4 is 10.6 Å². The van der Waals surface area contributed by atoms with Gasteiger partial charge in [0.1, 0.15) is 5.82 Å². The van der Waals surface area contributed by atoms with Crippen LogP contribution in [0.15, 0.2) is 18.2 Å². The summed E-state index contributed by atoms with van der Waals surface area (Å²) in [5.74, 6) is -0.177. The first-order chi connectivity index (χ1) is 9.29. The van der Waals surface area contributed by atoms with Gasteiger partial charge in [0.05, 0.1) is 18.8 Å². The molecule has 1 aliphatic heterocycles. The Hall–Kier alpha value is -1.13. The summed E-state index contributed by atoms with van der Waals surface area (Å²) in [6.07, 6.45) is 4.62. The maximum absolute atomic E-state index is 13.4. The van der Waals surface area contributed by atoms with Gasteiger partial charge in [0.2, 0.25) is 0 Å². The zero-order valence-corrected chi connectivity index (χ0v) is 11.1. The Labute approximate surface area is 113 Å². The number of ether oxygens (including phenoxy) is 1. The molecule has 0 radical (unpaired) electrons. The number of halogens is 1. The molecule has 1 saturated heterocycles. The van der Waals surface area contributed by atoms with Crippen LogP contribution in [0.2, 0.25) is 0 Å². The molecule has 2 unspecified atom stereocenters. The Balaban J connectivity index is 1.91. The molecule has 2 atom stereocenters. The van der Waals surface area contributed by atoms with Crippen molar-refractivity contribution in [3.05, 3.63) is 29.6 Å². The minimum Gasteiger partial charge on any atom is -0.374 e. The number of benzene rings is 1. The number of fused-ring (bicyclic) bond motifs is 1. The molecule has 19 heavy (non-hydrogen) atoms. The number of hydrogen-bond donors (Lipinski definition) is 1. The van der Waals surface area contributed by atoms with E-state index in [1.165, 1.54) is 12.8 Å². The Morgan fingerprint density at radius 1 is 1.37 bits per heavy atom. The summed E-state index contributed by atoms with van der Waals surface area (Å²) in [6.45, 7) is 2.21. The summed E-state index contributed by atoms with van der Waals surface area (Å²) in [6, 6.07) is 5.54. The van der Waals surface area contributed by atoms with Crippen molar-refractivity contribution in [2.75, 3.05) is 24.6 Å². The maximum Gasteiger partial charge on any atom is 0.123 e. The van der Waals surface area contributed by atoms with Gasteiger partial charge in [0.25, 0.3) is 0 Å². The molecule has 0 spiro atoms. The molecule has 4 heteroatoms. The predicted molar refractivity (Wildman–Crippen MR) is 73.9 cm³/mol. The normalized spacial score (nSPS) is 26.5. The van der Waals surface area contributed by atoms with Crippen LogP contribution in [-0.2, 0) is 11.2 Å². The lowest BCUT2D eigenvalue weighted by atomic mass is 10.0. The molecule has 0 amide bonds. The van der Waals surface area contributed by atoms with E-state index in [2.05, 4.69) is 4.90 Å². The molecule has 3 nitrogen and oxygen atoms in total. The van der Waals surface area contributed by atoms with E-state index >= 15 is 0 Å². The molecule has 1 aliphatic carbocycles. The molecular formula is C15H21FN2O. The van der Waals surface area contributed by atoms with Crippen LogP contribution in [0.4, 0.5) is 10.1 Å². The van der Waals surface area contributed by atoms with Gasteiger partial charge in [0, 0.05) is 12.2 Å². The molecule has 0 aromatic heterocycles. The van der Waals surface area contributed by atoms with E-state index in [-0.39, 0.29) is 5.82 Å². The Bertz CT molecular complexity index is 452. The zero-order valence-electron chi connectivity index (χ0n) is 11.1. The quantitative estimate of drug-likeness (QED) is 0.908. The van der Waals surface area contributed by atoms with E-state index in [0.717, 1.165) is 37.2 Å². The molecule has 1 aromatic rings. The molecule has 2 aliphatic rings. The molecule has 1 aromatic carbocycles. The van der Waals surface area contributed by atoms with Crippen LogP contribution in [0.5, 0.6) is 0 Å². The zero-order chi connectivity index (χ0) is 13.2. The average molecular weight is 264 g/mol. The van der Waals surface area contributed by atoms with Gasteiger partial charge in [-0.05, 0) is 56.0 Å². The number of hydrogen-bond acceptors (Lipinski definition) is 3. The molecule has 2 fully saturated rings. The van der Waals surface area contributed by atoms with E-state index < -0.39 is 0 Å². The van der Waals surface area contributed by atoms with Crippen molar-refractivity contribution in [3.63, 3.8) is 0 Å². The lowest BCUT2D eigenvalue weighted by Crippen LogP contribution is -2.49. The molecule has 0 bridgehead atoms. The number of morpholine rings is 1. The molecular weight excluding hydrogens is 243 g/mol. The van der Waals surface area contributed by atoms with Crippen LogP contribution in [0.3, 0.4) is 0 Å². The first-order valence-corrected chi connectivity index (χ1v) is 7.16. The fourth-order valence-electron chi connectivity index (χ4n) is 3.41. The van der Waals surface area contributed by atoms with Gasteiger partial charge >= 0.3 is 0 Å². The fourth-order valence-corrected chi connectivity index (χ4v) is 3.41. The van der Waals surface area contributed by atoms with Crippen LogP contribution in [0.25, 0.3) is 0 Å². The lowest BCUT2D eigenvalue weighted by molar-refractivity contribution is 0.0256. The van der Waals surface area contributed by atoms with Gasteiger partial charge in [-0.3, -0.25) is 0 Å². The smallest absolute Gasteiger partial charge is 0.123 e. The number of anilines is 1. The van der Waals surface area contributed by atoms with E-state index in [0.29, 0.717) is 18.7 Å². The first kappa shape index (κ1) is 12.9. The largest absolute Gasteiger partial charge is 0.374 e. The average Bonchev–Trinajstić information content (AvgIpc) is 2.88. The number of nitrogens with zero attached hydrogens (tertiary/aromatic N) is 1. The maximum atomic E-state index is 13.4. The summed E-state index contributed by atoms with van der Waals surface area (Å²) in [4.78, 5) is 2.41. The third kappa shape index (κ3) is 2.47. The van der Waals surface area contributed by atoms with Crippen molar-refractivity contribution in [2.24, 2.45) is 5.73 Å². The molecule has 3 rings (SSSR count). The fraction of sp³-hybridized carbons (Fsp3) is 0.600. The summed E-state index contributed by atoms with van der Waals surface area (Å²) >= 11 is 0. The summed E-state index contributed by atoms with van der Waals surface area (Å²) in [7, 11) is 0. The Kier molecular flexibility index (Phi) is 3.71. The van der Waals surface area contributed by atoms with Gasteiger partial charge in [-0.2, -0.15) is 0 Å². The minimum absolute atomic E-state index is 0.177.